The number of carbonyl (C=O) groups is 1. The Morgan fingerprint density at radius 1 is 0.864 bits per heavy atom. The molecule has 0 saturated carbocycles. The van der Waals surface area contributed by atoms with Crippen molar-refractivity contribution in [1.82, 2.24) is 4.90 Å². The normalized spacial score (nSPS) is 10.7. The smallest absolute Gasteiger partial charge is 0.254 e. The summed E-state index contributed by atoms with van der Waals surface area (Å²) in [4.78, 5) is 14.9. The fourth-order valence-electron chi connectivity index (χ4n) is 2.76. The molecular weight excluding hydrogens is 270 g/mol. The van der Waals surface area contributed by atoms with Crippen LogP contribution in [0.2, 0.25) is 0 Å². The fraction of sp³-hybridized carbons (Fsp3) is 0.650. The number of benzene rings is 1. The van der Waals surface area contributed by atoms with Crippen LogP contribution in [0.1, 0.15) is 81.1 Å². The van der Waals surface area contributed by atoms with E-state index in [0.717, 1.165) is 37.1 Å². The van der Waals surface area contributed by atoms with Gasteiger partial charge in [0.25, 0.3) is 5.91 Å². The minimum Gasteiger partial charge on any atom is -0.339 e. The van der Waals surface area contributed by atoms with Gasteiger partial charge in [0.2, 0.25) is 0 Å². The minimum atomic E-state index is 0.214. The molecule has 2 heteroatoms. The fourth-order valence-corrected chi connectivity index (χ4v) is 2.76. The largest absolute Gasteiger partial charge is 0.339 e. The molecule has 1 rings (SSSR count). The summed E-state index contributed by atoms with van der Waals surface area (Å²) in [6, 6.07) is 7.95. The Kier molecular flexibility index (Phi) is 9.61. The predicted molar refractivity (Wildman–Crippen MR) is 95.4 cm³/mol. The number of carbonyl (C=O) groups excluding carboxylic acids is 1. The number of amides is 1. The van der Waals surface area contributed by atoms with Gasteiger partial charge in [-0.1, -0.05) is 70.6 Å². The van der Waals surface area contributed by atoms with Crippen molar-refractivity contribution in [3.05, 3.63) is 35.4 Å². The number of rotatable bonds is 11. The van der Waals surface area contributed by atoms with Crippen molar-refractivity contribution in [3.8, 4) is 0 Å². The van der Waals surface area contributed by atoms with Gasteiger partial charge in [-0.2, -0.15) is 0 Å². The molecule has 0 aliphatic heterocycles. The van der Waals surface area contributed by atoms with E-state index in [1.807, 2.05) is 31.2 Å². The van der Waals surface area contributed by atoms with Crippen molar-refractivity contribution >= 4 is 5.91 Å². The molecule has 0 aliphatic rings. The van der Waals surface area contributed by atoms with Crippen LogP contribution in [0.25, 0.3) is 0 Å². The first-order valence-corrected chi connectivity index (χ1v) is 9.05. The van der Waals surface area contributed by atoms with E-state index in [9.17, 15) is 4.79 Å². The molecule has 0 aliphatic carbocycles. The van der Waals surface area contributed by atoms with Crippen molar-refractivity contribution in [2.45, 2.75) is 72.1 Å². The summed E-state index contributed by atoms with van der Waals surface area (Å²) in [6.45, 7) is 8.28. The molecule has 0 N–H and O–H groups in total. The molecule has 22 heavy (non-hydrogen) atoms. The quantitative estimate of drug-likeness (QED) is 0.487. The van der Waals surface area contributed by atoms with E-state index in [-0.39, 0.29) is 5.91 Å². The lowest BCUT2D eigenvalue weighted by Gasteiger charge is -2.23. The Hall–Kier alpha value is -1.31. The molecule has 0 atom stereocenters. The van der Waals surface area contributed by atoms with E-state index < -0.39 is 0 Å². The van der Waals surface area contributed by atoms with Crippen molar-refractivity contribution < 1.29 is 4.79 Å². The first-order chi connectivity index (χ1) is 10.7. The van der Waals surface area contributed by atoms with Gasteiger partial charge in [-0.25, -0.2) is 0 Å². The SMILES string of the molecule is CCCCCCN(CCCCCC)C(=O)c1ccccc1C. The zero-order valence-corrected chi connectivity index (χ0v) is 14.7. The number of aryl methyl sites for hydroxylation is 1. The minimum absolute atomic E-state index is 0.214. The van der Waals surface area contributed by atoms with Crippen LogP contribution >= 0.6 is 0 Å². The summed E-state index contributed by atoms with van der Waals surface area (Å²) in [5, 5.41) is 0. The van der Waals surface area contributed by atoms with Gasteiger partial charge in [0.05, 0.1) is 0 Å². The maximum Gasteiger partial charge on any atom is 0.254 e. The van der Waals surface area contributed by atoms with Crippen LogP contribution in [0.4, 0.5) is 0 Å². The highest BCUT2D eigenvalue weighted by atomic mass is 16.2. The molecule has 1 aromatic carbocycles. The van der Waals surface area contributed by atoms with Gasteiger partial charge in [0.15, 0.2) is 0 Å². The average Bonchev–Trinajstić information content (AvgIpc) is 2.53. The molecule has 124 valence electrons. The molecule has 0 saturated heterocycles. The van der Waals surface area contributed by atoms with Gasteiger partial charge in [0.1, 0.15) is 0 Å². The number of hydrogen-bond donors (Lipinski definition) is 0. The third-order valence-electron chi connectivity index (χ3n) is 4.23. The standard InChI is InChI=1S/C20H33NO/c1-4-6-8-12-16-21(17-13-9-7-5-2)20(22)19-15-11-10-14-18(19)3/h10-11,14-15H,4-9,12-13,16-17H2,1-3H3. The second-order valence-electron chi connectivity index (χ2n) is 6.23. The first-order valence-electron chi connectivity index (χ1n) is 9.05. The molecule has 0 fully saturated rings. The molecular formula is C20H33NO. The van der Waals surface area contributed by atoms with E-state index in [4.69, 9.17) is 0 Å². The molecule has 0 unspecified atom stereocenters. The summed E-state index contributed by atoms with van der Waals surface area (Å²) >= 11 is 0. The molecule has 0 aromatic heterocycles. The zero-order chi connectivity index (χ0) is 16.2. The van der Waals surface area contributed by atoms with Crippen LogP contribution in [0.5, 0.6) is 0 Å². The van der Waals surface area contributed by atoms with Crippen molar-refractivity contribution in [3.63, 3.8) is 0 Å². The zero-order valence-electron chi connectivity index (χ0n) is 14.7. The van der Waals surface area contributed by atoms with Crippen LogP contribution in [0.15, 0.2) is 24.3 Å². The topological polar surface area (TPSA) is 20.3 Å². The Bertz CT molecular complexity index is 415. The third kappa shape index (κ3) is 6.64. The second-order valence-corrected chi connectivity index (χ2v) is 6.23. The monoisotopic (exact) mass is 303 g/mol. The van der Waals surface area contributed by atoms with Gasteiger partial charge < -0.3 is 4.90 Å². The summed E-state index contributed by atoms with van der Waals surface area (Å²) < 4.78 is 0. The van der Waals surface area contributed by atoms with Crippen LogP contribution < -0.4 is 0 Å². The molecule has 0 bridgehead atoms. The van der Waals surface area contributed by atoms with E-state index in [0.29, 0.717) is 0 Å². The van der Waals surface area contributed by atoms with Crippen LogP contribution in [-0.4, -0.2) is 23.9 Å². The van der Waals surface area contributed by atoms with Gasteiger partial charge in [-0.15, -0.1) is 0 Å². The van der Waals surface area contributed by atoms with Crippen molar-refractivity contribution in [2.24, 2.45) is 0 Å². The van der Waals surface area contributed by atoms with Gasteiger partial charge in [-0.05, 0) is 31.4 Å². The van der Waals surface area contributed by atoms with Crippen molar-refractivity contribution in [1.29, 1.82) is 0 Å². The molecule has 1 amide bonds. The predicted octanol–water partition coefficient (Wildman–Crippen LogP) is 5.60. The molecule has 2 nitrogen and oxygen atoms in total. The van der Waals surface area contributed by atoms with E-state index in [1.165, 1.54) is 38.5 Å². The lowest BCUT2D eigenvalue weighted by Crippen LogP contribution is -2.33. The second kappa shape index (κ2) is 11.3. The Balaban J connectivity index is 2.62. The molecule has 1 aromatic rings. The number of hydrogen-bond acceptors (Lipinski definition) is 1. The van der Waals surface area contributed by atoms with Crippen LogP contribution in [0.3, 0.4) is 0 Å². The maximum absolute atomic E-state index is 12.8. The molecule has 0 spiro atoms. The van der Waals surface area contributed by atoms with Gasteiger partial charge in [0, 0.05) is 18.7 Å². The first kappa shape index (κ1) is 18.7. The summed E-state index contributed by atoms with van der Waals surface area (Å²) in [7, 11) is 0. The highest BCUT2D eigenvalue weighted by Gasteiger charge is 2.16. The van der Waals surface area contributed by atoms with Gasteiger partial charge in [-0.3, -0.25) is 4.79 Å². The van der Waals surface area contributed by atoms with E-state index in [1.54, 1.807) is 0 Å². The Morgan fingerprint density at radius 3 is 1.91 bits per heavy atom. The Morgan fingerprint density at radius 2 is 1.41 bits per heavy atom. The number of unbranched alkanes of at least 4 members (excludes halogenated alkanes) is 6. The summed E-state index contributed by atoms with van der Waals surface area (Å²) in [5.74, 6) is 0.214. The summed E-state index contributed by atoms with van der Waals surface area (Å²) in [5.41, 5.74) is 1.95. The third-order valence-corrected chi connectivity index (χ3v) is 4.23. The Labute approximate surface area is 136 Å². The lowest BCUT2D eigenvalue weighted by atomic mass is 10.1. The van der Waals surface area contributed by atoms with Crippen LogP contribution in [0, 0.1) is 6.92 Å². The molecule has 0 heterocycles. The summed E-state index contributed by atoms with van der Waals surface area (Å²) in [6.07, 6.45) is 9.71. The molecule has 0 radical (unpaired) electrons. The maximum atomic E-state index is 12.8. The van der Waals surface area contributed by atoms with Crippen molar-refractivity contribution in [2.75, 3.05) is 13.1 Å². The van der Waals surface area contributed by atoms with E-state index >= 15 is 0 Å². The van der Waals surface area contributed by atoms with E-state index in [2.05, 4.69) is 18.7 Å². The van der Waals surface area contributed by atoms with Gasteiger partial charge >= 0.3 is 0 Å². The number of nitrogens with zero attached hydrogens (tertiary/aromatic N) is 1. The highest BCUT2D eigenvalue weighted by Crippen LogP contribution is 2.13. The average molecular weight is 303 g/mol. The highest BCUT2D eigenvalue weighted by molar-refractivity contribution is 5.95. The lowest BCUT2D eigenvalue weighted by molar-refractivity contribution is 0.0748. The van der Waals surface area contributed by atoms with Crippen LogP contribution in [-0.2, 0) is 0 Å².